The van der Waals surface area contributed by atoms with Crippen LogP contribution in [0, 0.1) is 11.8 Å². The first-order chi connectivity index (χ1) is 40.8. The van der Waals surface area contributed by atoms with Crippen LogP contribution in [0.2, 0.25) is 0 Å². The zero-order valence-corrected chi connectivity index (χ0v) is 46.8. The highest BCUT2D eigenvalue weighted by Crippen LogP contribution is 2.58. The Morgan fingerprint density at radius 2 is 1.48 bits per heavy atom. The lowest BCUT2D eigenvalue weighted by molar-refractivity contribution is -0.368. The number of carbonyl (C=O) groups excluding carboxylic acids is 4. The molecule has 0 amide bonds. The van der Waals surface area contributed by atoms with Crippen LogP contribution >= 0.6 is 11.3 Å². The van der Waals surface area contributed by atoms with Gasteiger partial charge in [0.2, 0.25) is 18.3 Å². The SMILES string of the molecule is COc1cc([C@@H]2c3cc4c(cc3C(O[C@@H]3O[C@@H]5COC(c6cccs6)O[C@H]5[C@H](O)[C@H]3O)C3COC(=O)[C@@H]32)OCO4)cc(OC)c1O.COc1cccc2c1C(=O)c1c(O)c3c(c(O)c1C2=O)C[C@@](O)(C(=O)CO)C[C@@H]3O[C@H]1C[C@H](N)[C@H](O)[C@H](C)O1. The van der Waals surface area contributed by atoms with Crippen LogP contribution in [0.25, 0.3) is 0 Å². The van der Waals surface area contributed by atoms with E-state index in [1.165, 1.54) is 50.9 Å². The highest BCUT2D eigenvalue weighted by molar-refractivity contribution is 7.10. The van der Waals surface area contributed by atoms with E-state index in [0.717, 1.165) is 4.88 Å². The summed E-state index contributed by atoms with van der Waals surface area (Å²) in [6, 6.07) is 14.3. The van der Waals surface area contributed by atoms with Crippen LogP contribution in [0.1, 0.15) is 109 Å². The van der Waals surface area contributed by atoms with E-state index in [1.54, 1.807) is 25.1 Å². The molecule has 85 heavy (non-hydrogen) atoms. The average molecular weight is 1200 g/mol. The Hall–Kier alpha value is -7.02. The van der Waals surface area contributed by atoms with Crippen LogP contribution in [0.15, 0.2) is 60.0 Å². The molecule has 16 atom stereocenters. The van der Waals surface area contributed by atoms with Crippen LogP contribution in [0.5, 0.6) is 46.0 Å². The van der Waals surface area contributed by atoms with Gasteiger partial charge >= 0.3 is 5.97 Å². The van der Waals surface area contributed by atoms with E-state index in [4.69, 9.17) is 62.6 Å². The van der Waals surface area contributed by atoms with Gasteiger partial charge in [-0.15, -0.1) is 11.3 Å². The molecule has 8 aliphatic rings. The Morgan fingerprint density at radius 1 is 0.776 bits per heavy atom. The Labute approximate surface area is 487 Å². The second-order valence-corrected chi connectivity index (χ2v) is 22.9. The van der Waals surface area contributed by atoms with Crippen molar-refractivity contribution < 1.29 is 117 Å². The molecule has 1 aromatic heterocycles. The lowest BCUT2D eigenvalue weighted by atomic mass is 9.66. The zero-order valence-electron chi connectivity index (χ0n) is 46.0. The van der Waals surface area contributed by atoms with Crippen molar-refractivity contribution >= 4 is 34.7 Å². The minimum atomic E-state index is -2.24. The minimum absolute atomic E-state index is 0.0173. The summed E-state index contributed by atoms with van der Waals surface area (Å²) in [4.78, 5) is 54.1. The predicted molar refractivity (Wildman–Crippen MR) is 288 cm³/mol. The van der Waals surface area contributed by atoms with Crippen LogP contribution in [0.3, 0.4) is 0 Å². The third kappa shape index (κ3) is 9.82. The number of aliphatic hydroxyl groups excluding tert-OH is 4. The molecule has 0 saturated carbocycles. The highest BCUT2D eigenvalue weighted by Gasteiger charge is 2.57. The van der Waals surface area contributed by atoms with E-state index in [-0.39, 0.29) is 71.7 Å². The molecule has 5 aliphatic heterocycles. The lowest BCUT2D eigenvalue weighted by Gasteiger charge is -2.48. The number of rotatable bonds is 11. The van der Waals surface area contributed by atoms with E-state index < -0.39 is 162 Å². The first-order valence-corrected chi connectivity index (χ1v) is 28.2. The number of aromatic hydroxyl groups is 3. The maximum atomic E-state index is 13.6. The second kappa shape index (κ2) is 22.7. The van der Waals surface area contributed by atoms with Gasteiger partial charge in [0, 0.05) is 53.8 Å². The van der Waals surface area contributed by atoms with Gasteiger partial charge in [-0.1, -0.05) is 18.2 Å². The van der Waals surface area contributed by atoms with Crippen molar-refractivity contribution in [3.05, 3.63) is 115 Å². The average Bonchev–Trinajstić information content (AvgIpc) is 2.10. The fourth-order valence-corrected chi connectivity index (χ4v) is 13.6. The van der Waals surface area contributed by atoms with Gasteiger partial charge in [0.1, 0.15) is 53.9 Å². The number of Topliss-reactive ketones (excluding diaryl/α,β-unsaturated/α-hetero) is 1. The van der Waals surface area contributed by atoms with Gasteiger partial charge < -0.3 is 103 Å². The molecule has 5 aromatic rings. The number of nitrogens with two attached hydrogens (primary N) is 1. The number of esters is 1. The van der Waals surface area contributed by atoms with Crippen LogP contribution in [-0.4, -0.2) is 173 Å². The monoisotopic (exact) mass is 1200 g/mol. The number of phenols is 3. The number of cyclic esters (lactones) is 1. The van der Waals surface area contributed by atoms with E-state index in [0.29, 0.717) is 28.2 Å². The number of aliphatic hydroxyl groups is 5. The van der Waals surface area contributed by atoms with Gasteiger partial charge in [-0.25, -0.2) is 0 Å². The highest BCUT2D eigenvalue weighted by atomic mass is 32.1. The van der Waals surface area contributed by atoms with Gasteiger partial charge in [0.25, 0.3) is 0 Å². The van der Waals surface area contributed by atoms with Crippen molar-refractivity contribution in [2.45, 2.75) is 111 Å². The van der Waals surface area contributed by atoms with Crippen molar-refractivity contribution in [1.82, 2.24) is 0 Å². The van der Waals surface area contributed by atoms with E-state index in [9.17, 15) is 60.0 Å². The number of carbonyl (C=O) groups is 4. The first-order valence-electron chi connectivity index (χ1n) is 27.3. The van der Waals surface area contributed by atoms with Crippen molar-refractivity contribution in [3.8, 4) is 46.0 Å². The fraction of sp³-hybridized carbons (Fsp3) is 0.458. The quantitative estimate of drug-likeness (QED) is 0.0665. The van der Waals surface area contributed by atoms with Crippen molar-refractivity contribution in [2.75, 3.05) is 47.9 Å². The van der Waals surface area contributed by atoms with E-state index in [1.807, 2.05) is 23.6 Å². The summed E-state index contributed by atoms with van der Waals surface area (Å²) in [7, 11) is 4.18. The number of phenolic OH excluding ortho intramolecular Hbond substituents is 3. The number of ketones is 3. The third-order valence-electron chi connectivity index (χ3n) is 17.2. The molecule has 10 N–H and O–H groups in total. The molecule has 0 radical (unpaired) electrons. The molecule has 4 saturated heterocycles. The van der Waals surface area contributed by atoms with Crippen molar-refractivity contribution in [3.63, 3.8) is 0 Å². The summed E-state index contributed by atoms with van der Waals surface area (Å²) in [6.45, 7) is 0.731. The zero-order chi connectivity index (χ0) is 60.1. The molecule has 6 heterocycles. The summed E-state index contributed by atoms with van der Waals surface area (Å²) in [5, 5.41) is 88.7. The lowest BCUT2D eigenvalue weighted by Crippen LogP contribution is -2.62. The number of benzene rings is 4. The molecule has 4 aromatic carbocycles. The maximum absolute atomic E-state index is 13.6. The fourth-order valence-electron chi connectivity index (χ4n) is 12.9. The second-order valence-electron chi connectivity index (χ2n) is 21.9. The molecule has 13 rings (SSSR count). The topological polar surface area (TPSA) is 367 Å². The van der Waals surface area contributed by atoms with Gasteiger partial charge in [0.15, 0.2) is 53.4 Å². The Bertz CT molecular complexity index is 3430. The van der Waals surface area contributed by atoms with Crippen molar-refractivity contribution in [1.29, 1.82) is 0 Å². The summed E-state index contributed by atoms with van der Waals surface area (Å²) >= 11 is 1.46. The van der Waals surface area contributed by atoms with Gasteiger partial charge in [-0.3, -0.25) is 19.2 Å². The third-order valence-corrected chi connectivity index (χ3v) is 18.1. The number of methoxy groups -OCH3 is 3. The number of hydrogen-bond donors (Lipinski definition) is 9. The Morgan fingerprint density at radius 3 is 2.15 bits per heavy atom. The molecule has 4 fully saturated rings. The summed E-state index contributed by atoms with van der Waals surface area (Å²) in [6.07, 6.45) is -12.3. The minimum Gasteiger partial charge on any atom is -0.507 e. The molecule has 26 heteroatoms. The number of hydrogen-bond acceptors (Lipinski definition) is 26. The number of thiophene rings is 1. The van der Waals surface area contributed by atoms with E-state index in [2.05, 4.69) is 0 Å². The predicted octanol–water partition coefficient (Wildman–Crippen LogP) is 2.75. The molecule has 25 nitrogen and oxygen atoms in total. The first kappa shape index (κ1) is 58.4. The van der Waals surface area contributed by atoms with Crippen LogP contribution in [0.4, 0.5) is 0 Å². The molecular formula is C59H61NO24S. The molecule has 0 bridgehead atoms. The Balaban J connectivity index is 0.000000169. The largest absolute Gasteiger partial charge is 0.507 e. The molecule has 3 aliphatic carbocycles. The summed E-state index contributed by atoms with van der Waals surface area (Å²) in [5.74, 6) is -4.86. The van der Waals surface area contributed by atoms with Gasteiger partial charge in [0.05, 0.1) is 86.4 Å². The van der Waals surface area contributed by atoms with Gasteiger partial charge in [-0.2, -0.15) is 0 Å². The summed E-state index contributed by atoms with van der Waals surface area (Å²) in [5.41, 5.74) is 4.37. The smallest absolute Gasteiger partial charge is 0.310 e. The number of fused-ring (bicyclic) bond motifs is 7. The van der Waals surface area contributed by atoms with Gasteiger partial charge in [-0.05, 0) is 65.4 Å². The van der Waals surface area contributed by atoms with E-state index >= 15 is 0 Å². The maximum Gasteiger partial charge on any atom is 0.310 e. The number of ether oxygens (including phenoxy) is 12. The normalized spacial score (nSPS) is 32.3. The van der Waals surface area contributed by atoms with Crippen molar-refractivity contribution in [2.24, 2.45) is 17.6 Å². The Kier molecular flexibility index (Phi) is 15.6. The molecule has 452 valence electrons. The molecule has 0 spiro atoms. The standard InChI is InChI=1S/C32H32O13S.C27H29NO11/c1-37-19-6-13(7-20(38-2)25(19)33)23-14-8-17-18(42-12-41-17)9-15(14)28(16-10-39-30(36)24(16)23)44-32-27(35)26(34)29-21(43-32)11-40-31(45-29)22-4-3-5-46-22;1-10-22(31)13(28)6-17(38-10)39-15-8-27(36,16(30)9-29)7-12-19(15)26(35)21-20(24(12)33)23(32)11-4-3-5-14(37-2)18(11)25(21)34/h3-9,16,21,23-24,26-29,31-35H,10-12H2,1-2H3;3-5,10,13,15,17,22,29,31,33,35-36H,6-9,28H2,1-2H3/t16?,21-,23-,24+,26-,27-,28?,29-,31?,32+;10-,13-,15-,17-,22+,27-/m10/s1. The van der Waals surface area contributed by atoms with Crippen LogP contribution < -0.4 is 29.4 Å². The molecule has 3 unspecified atom stereocenters. The molecular weight excluding hydrogens is 1140 g/mol. The van der Waals surface area contributed by atoms with Crippen LogP contribution in [-0.2, 0) is 49.2 Å². The summed E-state index contributed by atoms with van der Waals surface area (Å²) < 4.78 is 69.6.